The van der Waals surface area contributed by atoms with Gasteiger partial charge in [-0.15, -0.1) is 23.5 Å². The second-order valence-corrected chi connectivity index (χ2v) is 10.6. The molecule has 0 amide bonds. The molecule has 1 aliphatic rings. The number of rotatable bonds is 5. The molecule has 1 heterocycles. The van der Waals surface area contributed by atoms with Gasteiger partial charge in [0.2, 0.25) is 0 Å². The summed E-state index contributed by atoms with van der Waals surface area (Å²) in [6.07, 6.45) is 1.27. The standard InChI is InChI=1S/C16H25NOS3/c1-12(2)15(16(4)19-10-5-11-20-16)17-21(18)14-8-6-13(3)7-9-14/h6-9,12,15,17H,5,10-11H2,1-4H3/t15-,21-/m0/s1. The van der Waals surface area contributed by atoms with Gasteiger partial charge in [-0.3, -0.25) is 0 Å². The van der Waals surface area contributed by atoms with Crippen molar-refractivity contribution in [2.45, 2.75) is 49.1 Å². The Kier molecular flexibility index (Phi) is 6.24. The average Bonchev–Trinajstić information content (AvgIpc) is 2.45. The van der Waals surface area contributed by atoms with E-state index in [1.165, 1.54) is 23.5 Å². The Hall–Kier alpha value is 0.0300. The third-order valence-electron chi connectivity index (χ3n) is 3.77. The van der Waals surface area contributed by atoms with Crippen molar-refractivity contribution in [3.63, 3.8) is 0 Å². The SMILES string of the molecule is Cc1ccc([S@](=O)N[C@@H](C(C)C)C2(C)SCCCS2)cc1. The Labute approximate surface area is 139 Å². The van der Waals surface area contributed by atoms with E-state index in [9.17, 15) is 4.21 Å². The van der Waals surface area contributed by atoms with E-state index >= 15 is 0 Å². The van der Waals surface area contributed by atoms with Crippen LogP contribution in [0.25, 0.3) is 0 Å². The number of aryl methyl sites for hydroxylation is 1. The molecule has 0 unspecified atom stereocenters. The normalized spacial score (nSPS) is 21.2. The van der Waals surface area contributed by atoms with E-state index < -0.39 is 11.0 Å². The van der Waals surface area contributed by atoms with Crippen LogP contribution in [0.3, 0.4) is 0 Å². The van der Waals surface area contributed by atoms with Crippen molar-refractivity contribution in [1.29, 1.82) is 0 Å². The largest absolute Gasteiger partial charge is 0.237 e. The molecule has 21 heavy (non-hydrogen) atoms. The van der Waals surface area contributed by atoms with E-state index in [4.69, 9.17) is 0 Å². The Bertz CT molecular complexity index is 481. The van der Waals surface area contributed by atoms with Crippen LogP contribution in [-0.2, 0) is 11.0 Å². The van der Waals surface area contributed by atoms with Crippen LogP contribution in [0.15, 0.2) is 29.2 Å². The molecule has 118 valence electrons. The molecule has 2 nitrogen and oxygen atoms in total. The fourth-order valence-corrected chi connectivity index (χ4v) is 7.36. The summed E-state index contributed by atoms with van der Waals surface area (Å²) in [4.78, 5) is 0.862. The first kappa shape index (κ1) is 17.4. The summed E-state index contributed by atoms with van der Waals surface area (Å²) in [7, 11) is -1.15. The van der Waals surface area contributed by atoms with E-state index in [1.54, 1.807) is 0 Å². The highest BCUT2D eigenvalue weighted by atomic mass is 32.2. The molecule has 1 fully saturated rings. The van der Waals surface area contributed by atoms with Crippen LogP contribution < -0.4 is 4.72 Å². The molecule has 0 aliphatic carbocycles. The maximum atomic E-state index is 12.6. The molecule has 1 aromatic rings. The minimum Gasteiger partial charge on any atom is -0.237 e. The molecule has 1 aromatic carbocycles. The summed E-state index contributed by atoms with van der Waals surface area (Å²) in [5.74, 6) is 2.85. The summed E-state index contributed by atoms with van der Waals surface area (Å²) in [6, 6.07) is 8.18. The van der Waals surface area contributed by atoms with Gasteiger partial charge in [0.05, 0.1) is 8.97 Å². The lowest BCUT2D eigenvalue weighted by Crippen LogP contribution is -2.49. The zero-order valence-corrected chi connectivity index (χ0v) is 15.7. The highest BCUT2D eigenvalue weighted by molar-refractivity contribution is 8.18. The number of hydrogen-bond donors (Lipinski definition) is 1. The lowest BCUT2D eigenvalue weighted by molar-refractivity contribution is 0.438. The first-order valence-electron chi connectivity index (χ1n) is 7.45. The summed E-state index contributed by atoms with van der Waals surface area (Å²) in [5.41, 5.74) is 1.20. The van der Waals surface area contributed by atoms with Crippen molar-refractivity contribution in [3.05, 3.63) is 29.8 Å². The molecule has 0 saturated carbocycles. The maximum Gasteiger partial charge on any atom is 0.125 e. The number of benzene rings is 1. The maximum absolute atomic E-state index is 12.6. The first-order valence-corrected chi connectivity index (χ1v) is 10.6. The smallest absolute Gasteiger partial charge is 0.125 e. The minimum absolute atomic E-state index is 0.104. The summed E-state index contributed by atoms with van der Waals surface area (Å²) >= 11 is 4.02. The second kappa shape index (κ2) is 7.53. The predicted octanol–water partition coefficient (Wildman–Crippen LogP) is 4.22. The van der Waals surface area contributed by atoms with E-state index in [2.05, 4.69) is 25.5 Å². The highest BCUT2D eigenvalue weighted by Gasteiger charge is 2.39. The Morgan fingerprint density at radius 3 is 2.29 bits per heavy atom. The zero-order valence-electron chi connectivity index (χ0n) is 13.2. The van der Waals surface area contributed by atoms with E-state index in [0.717, 1.165) is 4.90 Å². The fraction of sp³-hybridized carbons (Fsp3) is 0.625. The highest BCUT2D eigenvalue weighted by Crippen LogP contribution is 2.46. The van der Waals surface area contributed by atoms with Gasteiger partial charge >= 0.3 is 0 Å². The van der Waals surface area contributed by atoms with Gasteiger partial charge in [-0.05, 0) is 49.8 Å². The van der Waals surface area contributed by atoms with Crippen molar-refractivity contribution in [2.24, 2.45) is 5.92 Å². The Balaban J connectivity index is 2.12. The van der Waals surface area contributed by atoms with E-state index in [0.29, 0.717) is 5.92 Å². The first-order chi connectivity index (χ1) is 9.92. The molecule has 0 aromatic heterocycles. The number of hydrogen-bond acceptors (Lipinski definition) is 3. The summed E-state index contributed by atoms with van der Waals surface area (Å²) in [6.45, 7) is 8.77. The van der Waals surface area contributed by atoms with Gasteiger partial charge in [-0.2, -0.15) is 0 Å². The van der Waals surface area contributed by atoms with Gasteiger partial charge in [0, 0.05) is 6.04 Å². The van der Waals surface area contributed by atoms with Crippen LogP contribution in [-0.4, -0.2) is 25.8 Å². The summed E-state index contributed by atoms with van der Waals surface area (Å²) in [5, 5.41) is 0. The second-order valence-electron chi connectivity index (χ2n) is 5.99. The predicted molar refractivity (Wildman–Crippen MR) is 97.3 cm³/mol. The molecule has 0 bridgehead atoms. The van der Waals surface area contributed by atoms with Crippen LogP contribution in [0.5, 0.6) is 0 Å². The van der Waals surface area contributed by atoms with Gasteiger partial charge < -0.3 is 0 Å². The quantitative estimate of drug-likeness (QED) is 0.868. The van der Waals surface area contributed by atoms with Crippen molar-refractivity contribution in [2.75, 3.05) is 11.5 Å². The zero-order chi connectivity index (χ0) is 15.5. The third-order valence-corrected chi connectivity index (χ3v) is 8.28. The van der Waals surface area contributed by atoms with Crippen molar-refractivity contribution >= 4 is 34.5 Å². The molecule has 0 radical (unpaired) electrons. The van der Waals surface area contributed by atoms with Crippen LogP contribution in [0, 0.1) is 12.8 Å². The molecule has 2 atom stereocenters. The summed E-state index contributed by atoms with van der Waals surface area (Å²) < 4.78 is 16.1. The monoisotopic (exact) mass is 343 g/mol. The lowest BCUT2D eigenvalue weighted by Gasteiger charge is -2.41. The molecule has 2 rings (SSSR count). The van der Waals surface area contributed by atoms with Gasteiger partial charge in [-0.1, -0.05) is 31.5 Å². The van der Waals surface area contributed by atoms with Crippen molar-refractivity contribution in [1.82, 2.24) is 4.72 Å². The topological polar surface area (TPSA) is 29.1 Å². The molecule has 5 heteroatoms. The number of thioether (sulfide) groups is 2. The molecule has 1 N–H and O–H groups in total. The van der Waals surface area contributed by atoms with Crippen LogP contribution >= 0.6 is 23.5 Å². The van der Waals surface area contributed by atoms with Crippen molar-refractivity contribution < 1.29 is 4.21 Å². The van der Waals surface area contributed by atoms with Gasteiger partial charge in [0.1, 0.15) is 11.0 Å². The number of nitrogens with one attached hydrogen (secondary N) is 1. The molecule has 1 saturated heterocycles. The Morgan fingerprint density at radius 2 is 1.76 bits per heavy atom. The molecule has 1 aliphatic heterocycles. The van der Waals surface area contributed by atoms with Gasteiger partial charge in [0.15, 0.2) is 0 Å². The average molecular weight is 344 g/mol. The lowest BCUT2D eigenvalue weighted by atomic mass is 10.0. The fourth-order valence-electron chi connectivity index (χ4n) is 2.52. The van der Waals surface area contributed by atoms with Crippen molar-refractivity contribution in [3.8, 4) is 0 Å². The third kappa shape index (κ3) is 4.50. The van der Waals surface area contributed by atoms with Crippen LogP contribution in [0.2, 0.25) is 0 Å². The minimum atomic E-state index is -1.15. The van der Waals surface area contributed by atoms with E-state index in [1.807, 2.05) is 54.7 Å². The molecular weight excluding hydrogens is 318 g/mol. The molecular formula is C16H25NOS3. The van der Waals surface area contributed by atoms with Crippen LogP contribution in [0.4, 0.5) is 0 Å². The molecule has 0 spiro atoms. The Morgan fingerprint density at radius 1 is 1.19 bits per heavy atom. The van der Waals surface area contributed by atoms with E-state index in [-0.39, 0.29) is 10.1 Å². The van der Waals surface area contributed by atoms with Crippen LogP contribution in [0.1, 0.15) is 32.8 Å². The van der Waals surface area contributed by atoms with Gasteiger partial charge in [0.25, 0.3) is 0 Å². The van der Waals surface area contributed by atoms with Gasteiger partial charge in [-0.25, -0.2) is 8.93 Å².